The highest BCUT2D eigenvalue weighted by atomic mass is 35.5. The Hall–Kier alpha value is -2.47. The van der Waals surface area contributed by atoms with Crippen LogP contribution in [-0.4, -0.2) is 25.7 Å². The van der Waals surface area contributed by atoms with Crippen molar-refractivity contribution in [3.63, 3.8) is 0 Å². The largest absolute Gasteiger partial charge is 0.491 e. The van der Waals surface area contributed by atoms with E-state index in [2.05, 4.69) is 5.32 Å². The number of rotatable bonds is 4. The topological polar surface area (TPSA) is 56.8 Å². The molecule has 0 spiro atoms. The Morgan fingerprint density at radius 1 is 1.25 bits per heavy atom. The molecule has 1 aliphatic heterocycles. The van der Waals surface area contributed by atoms with Crippen LogP contribution in [0.1, 0.15) is 17.3 Å². The number of hydrogen-bond acceptors (Lipinski definition) is 4. The first-order valence-electron chi connectivity index (χ1n) is 7.42. The molecule has 0 saturated carbocycles. The van der Waals surface area contributed by atoms with Crippen molar-refractivity contribution in [3.8, 4) is 17.2 Å². The predicted molar refractivity (Wildman–Crippen MR) is 88.0 cm³/mol. The lowest BCUT2D eigenvalue weighted by molar-refractivity contribution is 0.101. The molecule has 0 saturated heterocycles. The first kappa shape index (κ1) is 16.4. The van der Waals surface area contributed by atoms with Crippen LogP contribution < -0.4 is 19.5 Å². The van der Waals surface area contributed by atoms with E-state index in [0.29, 0.717) is 36.3 Å². The summed E-state index contributed by atoms with van der Waals surface area (Å²) in [6.07, 6.45) is 0. The van der Waals surface area contributed by atoms with E-state index >= 15 is 0 Å². The molecular formula is C17H15ClFNO4. The lowest BCUT2D eigenvalue weighted by atomic mass is 10.1. The SMILES string of the molecule is CCOc1ccc(NC(=O)c2ccc(Cl)c3c2OCCO3)cc1F. The molecule has 1 heterocycles. The Kier molecular flexibility index (Phi) is 4.76. The smallest absolute Gasteiger partial charge is 0.259 e. The van der Waals surface area contributed by atoms with E-state index in [-0.39, 0.29) is 17.1 Å². The predicted octanol–water partition coefficient (Wildman–Crippen LogP) is 3.90. The molecule has 0 fully saturated rings. The number of fused-ring (bicyclic) bond motifs is 1. The van der Waals surface area contributed by atoms with Gasteiger partial charge in [0, 0.05) is 11.8 Å². The third-order valence-electron chi connectivity index (χ3n) is 3.37. The number of amides is 1. The average molecular weight is 352 g/mol. The van der Waals surface area contributed by atoms with Crippen molar-refractivity contribution in [2.75, 3.05) is 25.1 Å². The van der Waals surface area contributed by atoms with E-state index < -0.39 is 11.7 Å². The van der Waals surface area contributed by atoms with Crippen LogP contribution in [0.2, 0.25) is 5.02 Å². The van der Waals surface area contributed by atoms with E-state index in [1.54, 1.807) is 19.1 Å². The summed E-state index contributed by atoms with van der Waals surface area (Å²) in [6.45, 7) is 2.81. The molecule has 0 radical (unpaired) electrons. The minimum atomic E-state index is -0.549. The van der Waals surface area contributed by atoms with Crippen LogP contribution in [-0.2, 0) is 0 Å². The molecule has 24 heavy (non-hydrogen) atoms. The molecular weight excluding hydrogens is 337 g/mol. The molecule has 0 aromatic heterocycles. The molecule has 7 heteroatoms. The lowest BCUT2D eigenvalue weighted by Gasteiger charge is -2.21. The highest BCUT2D eigenvalue weighted by molar-refractivity contribution is 6.32. The van der Waals surface area contributed by atoms with Gasteiger partial charge in [0.25, 0.3) is 5.91 Å². The monoisotopic (exact) mass is 351 g/mol. The number of halogens is 2. The van der Waals surface area contributed by atoms with Gasteiger partial charge in [-0.15, -0.1) is 0 Å². The van der Waals surface area contributed by atoms with Gasteiger partial charge in [-0.05, 0) is 31.2 Å². The third kappa shape index (κ3) is 3.23. The van der Waals surface area contributed by atoms with Gasteiger partial charge in [-0.2, -0.15) is 0 Å². The van der Waals surface area contributed by atoms with Gasteiger partial charge >= 0.3 is 0 Å². The molecule has 126 valence electrons. The normalized spacial score (nSPS) is 12.6. The van der Waals surface area contributed by atoms with E-state index in [1.807, 2.05) is 0 Å². The summed E-state index contributed by atoms with van der Waals surface area (Å²) >= 11 is 6.05. The second-order valence-corrected chi connectivity index (χ2v) is 5.39. The summed E-state index contributed by atoms with van der Waals surface area (Å²) in [4.78, 5) is 12.5. The fourth-order valence-electron chi connectivity index (χ4n) is 2.33. The van der Waals surface area contributed by atoms with Crippen LogP contribution in [0.25, 0.3) is 0 Å². The maximum atomic E-state index is 13.9. The molecule has 0 bridgehead atoms. The summed E-state index contributed by atoms with van der Waals surface area (Å²) < 4.78 is 30.0. The summed E-state index contributed by atoms with van der Waals surface area (Å²) in [5.41, 5.74) is 0.574. The number of nitrogens with one attached hydrogen (secondary N) is 1. The molecule has 0 unspecified atom stereocenters. The van der Waals surface area contributed by atoms with Crippen molar-refractivity contribution < 1.29 is 23.4 Å². The van der Waals surface area contributed by atoms with Gasteiger partial charge in [0.05, 0.1) is 17.2 Å². The highest BCUT2D eigenvalue weighted by Gasteiger charge is 2.23. The quantitative estimate of drug-likeness (QED) is 0.907. The Morgan fingerprint density at radius 2 is 2.00 bits per heavy atom. The number of ether oxygens (including phenoxy) is 3. The molecule has 5 nitrogen and oxygen atoms in total. The van der Waals surface area contributed by atoms with E-state index in [4.69, 9.17) is 25.8 Å². The van der Waals surface area contributed by atoms with Crippen LogP contribution in [0.4, 0.5) is 10.1 Å². The van der Waals surface area contributed by atoms with Gasteiger partial charge in [-0.1, -0.05) is 11.6 Å². The van der Waals surface area contributed by atoms with Crippen LogP contribution in [0.3, 0.4) is 0 Å². The zero-order valence-corrected chi connectivity index (χ0v) is 13.7. The summed E-state index contributed by atoms with van der Waals surface area (Å²) in [6, 6.07) is 7.32. The van der Waals surface area contributed by atoms with Gasteiger partial charge in [0.2, 0.25) is 0 Å². The van der Waals surface area contributed by atoms with Gasteiger partial charge in [-0.3, -0.25) is 4.79 Å². The number of carbonyl (C=O) groups excluding carboxylic acids is 1. The van der Waals surface area contributed by atoms with Crippen molar-refractivity contribution in [1.82, 2.24) is 0 Å². The summed E-state index contributed by atoms with van der Waals surface area (Å²) in [5.74, 6) is -0.230. The minimum Gasteiger partial charge on any atom is -0.491 e. The maximum Gasteiger partial charge on any atom is 0.259 e. The first-order valence-corrected chi connectivity index (χ1v) is 7.79. The Bertz CT molecular complexity index is 781. The fraction of sp³-hybridized carbons (Fsp3) is 0.235. The third-order valence-corrected chi connectivity index (χ3v) is 3.67. The summed E-state index contributed by atoms with van der Waals surface area (Å²) in [7, 11) is 0. The Balaban J connectivity index is 1.84. The van der Waals surface area contributed by atoms with Crippen LogP contribution in [0.15, 0.2) is 30.3 Å². The zero-order valence-electron chi connectivity index (χ0n) is 12.9. The molecule has 2 aromatic rings. The minimum absolute atomic E-state index is 0.135. The Morgan fingerprint density at radius 3 is 2.71 bits per heavy atom. The zero-order chi connectivity index (χ0) is 17.1. The molecule has 1 amide bonds. The molecule has 1 N–H and O–H groups in total. The van der Waals surface area contributed by atoms with Crippen LogP contribution in [0, 0.1) is 5.82 Å². The first-order chi connectivity index (χ1) is 11.6. The average Bonchev–Trinajstić information content (AvgIpc) is 2.58. The molecule has 1 aliphatic rings. The fourth-order valence-corrected chi connectivity index (χ4v) is 2.54. The van der Waals surface area contributed by atoms with Gasteiger partial charge in [0.15, 0.2) is 23.1 Å². The van der Waals surface area contributed by atoms with Crippen molar-refractivity contribution >= 4 is 23.2 Å². The molecule has 2 aromatic carbocycles. The van der Waals surface area contributed by atoms with Gasteiger partial charge in [-0.25, -0.2) is 4.39 Å². The number of carbonyl (C=O) groups is 1. The number of hydrogen-bond donors (Lipinski definition) is 1. The highest BCUT2D eigenvalue weighted by Crippen LogP contribution is 2.40. The second kappa shape index (κ2) is 6.97. The van der Waals surface area contributed by atoms with Crippen LogP contribution in [0.5, 0.6) is 17.2 Å². The molecule has 3 rings (SSSR count). The standard InChI is InChI=1S/C17H15ClFNO4/c1-2-22-14-6-3-10(9-13(14)19)20-17(21)11-4-5-12(18)16-15(11)23-7-8-24-16/h3-6,9H,2,7-8H2,1H3,(H,20,21). The van der Waals surface area contributed by atoms with Crippen molar-refractivity contribution in [3.05, 3.63) is 46.7 Å². The van der Waals surface area contributed by atoms with Gasteiger partial charge < -0.3 is 19.5 Å². The van der Waals surface area contributed by atoms with Crippen molar-refractivity contribution in [2.24, 2.45) is 0 Å². The van der Waals surface area contributed by atoms with E-state index in [0.717, 1.165) is 0 Å². The lowest BCUT2D eigenvalue weighted by Crippen LogP contribution is -2.20. The molecule has 0 aliphatic carbocycles. The summed E-state index contributed by atoms with van der Waals surface area (Å²) in [5, 5.41) is 2.99. The van der Waals surface area contributed by atoms with E-state index in [1.165, 1.54) is 18.2 Å². The van der Waals surface area contributed by atoms with Crippen molar-refractivity contribution in [1.29, 1.82) is 0 Å². The van der Waals surface area contributed by atoms with Crippen molar-refractivity contribution in [2.45, 2.75) is 6.92 Å². The number of benzene rings is 2. The second-order valence-electron chi connectivity index (χ2n) is 4.98. The van der Waals surface area contributed by atoms with Gasteiger partial charge in [0.1, 0.15) is 13.2 Å². The number of anilines is 1. The maximum absolute atomic E-state index is 13.9. The van der Waals surface area contributed by atoms with E-state index in [9.17, 15) is 9.18 Å². The molecule has 0 atom stereocenters. The van der Waals surface area contributed by atoms with Crippen LogP contribution >= 0.6 is 11.6 Å². The Labute approximate surface area is 143 Å².